The van der Waals surface area contributed by atoms with Gasteiger partial charge in [0.2, 0.25) is 5.91 Å². The predicted molar refractivity (Wildman–Crippen MR) is 75.9 cm³/mol. The molecular formula is C16H22N2O. The molecule has 102 valence electrons. The highest BCUT2D eigenvalue weighted by Gasteiger charge is 2.34. The molecule has 0 spiro atoms. The Labute approximate surface area is 114 Å². The molecule has 2 aliphatic rings. The van der Waals surface area contributed by atoms with Crippen molar-refractivity contribution in [2.75, 3.05) is 0 Å². The van der Waals surface area contributed by atoms with E-state index in [4.69, 9.17) is 0 Å². The number of carbonyl (C=O) groups excluding carboxylic acids is 1. The average molecular weight is 258 g/mol. The third-order valence-electron chi connectivity index (χ3n) is 4.31. The van der Waals surface area contributed by atoms with E-state index in [9.17, 15) is 4.79 Å². The van der Waals surface area contributed by atoms with Crippen LogP contribution in [0, 0.1) is 0 Å². The van der Waals surface area contributed by atoms with Gasteiger partial charge in [-0.2, -0.15) is 0 Å². The van der Waals surface area contributed by atoms with Gasteiger partial charge in [0.25, 0.3) is 0 Å². The van der Waals surface area contributed by atoms with Gasteiger partial charge >= 0.3 is 0 Å². The van der Waals surface area contributed by atoms with Crippen molar-refractivity contribution in [3.05, 3.63) is 35.9 Å². The van der Waals surface area contributed by atoms with Crippen LogP contribution in [-0.4, -0.2) is 24.0 Å². The maximum atomic E-state index is 11.7. The highest BCUT2D eigenvalue weighted by molar-refractivity contribution is 5.76. The average Bonchev–Trinajstić information content (AvgIpc) is 2.75. The van der Waals surface area contributed by atoms with E-state index in [0.717, 1.165) is 19.3 Å². The Hall–Kier alpha value is -1.35. The van der Waals surface area contributed by atoms with Crippen molar-refractivity contribution in [1.29, 1.82) is 0 Å². The fourth-order valence-corrected chi connectivity index (χ4v) is 3.37. The number of amides is 1. The molecule has 0 radical (unpaired) electrons. The van der Waals surface area contributed by atoms with Gasteiger partial charge in [0, 0.05) is 24.5 Å². The summed E-state index contributed by atoms with van der Waals surface area (Å²) < 4.78 is 0. The van der Waals surface area contributed by atoms with Crippen molar-refractivity contribution >= 4 is 5.91 Å². The summed E-state index contributed by atoms with van der Waals surface area (Å²) in [4.78, 5) is 11.7. The second-order valence-corrected chi connectivity index (χ2v) is 5.82. The fraction of sp³-hybridized carbons (Fsp3) is 0.562. The number of carbonyl (C=O) groups is 1. The molecule has 2 N–H and O–H groups in total. The van der Waals surface area contributed by atoms with Crippen LogP contribution in [0.4, 0.5) is 0 Å². The predicted octanol–water partition coefficient (Wildman–Crippen LogP) is 2.02. The summed E-state index contributed by atoms with van der Waals surface area (Å²) in [5.41, 5.74) is 1.38. The van der Waals surface area contributed by atoms with Gasteiger partial charge < -0.3 is 10.6 Å². The van der Waals surface area contributed by atoms with E-state index in [0.29, 0.717) is 24.5 Å². The zero-order valence-electron chi connectivity index (χ0n) is 11.3. The smallest absolute Gasteiger partial charge is 0.220 e. The first kappa shape index (κ1) is 12.7. The molecule has 1 aromatic rings. The van der Waals surface area contributed by atoms with Gasteiger partial charge in [0.05, 0.1) is 0 Å². The first-order valence-electron chi connectivity index (χ1n) is 7.40. The van der Waals surface area contributed by atoms with Crippen LogP contribution < -0.4 is 10.6 Å². The Morgan fingerprint density at radius 2 is 1.95 bits per heavy atom. The zero-order valence-corrected chi connectivity index (χ0v) is 11.3. The molecule has 2 saturated heterocycles. The highest BCUT2D eigenvalue weighted by Crippen LogP contribution is 2.23. The molecular weight excluding hydrogens is 236 g/mol. The van der Waals surface area contributed by atoms with Crippen LogP contribution in [0.3, 0.4) is 0 Å². The highest BCUT2D eigenvalue weighted by atomic mass is 16.1. The summed E-state index contributed by atoms with van der Waals surface area (Å²) in [6.07, 6.45) is 6.21. The van der Waals surface area contributed by atoms with Gasteiger partial charge in [-0.25, -0.2) is 0 Å². The summed E-state index contributed by atoms with van der Waals surface area (Å²) >= 11 is 0. The molecule has 1 aromatic carbocycles. The molecule has 2 fully saturated rings. The van der Waals surface area contributed by atoms with Gasteiger partial charge in [0.1, 0.15) is 0 Å². The maximum absolute atomic E-state index is 11.7. The first-order chi connectivity index (χ1) is 9.31. The van der Waals surface area contributed by atoms with E-state index in [1.807, 2.05) is 0 Å². The van der Waals surface area contributed by atoms with Crippen LogP contribution in [0.5, 0.6) is 0 Å². The summed E-state index contributed by atoms with van der Waals surface area (Å²) in [7, 11) is 0. The molecule has 3 atom stereocenters. The molecule has 0 saturated carbocycles. The van der Waals surface area contributed by atoms with Gasteiger partial charge in [-0.15, -0.1) is 0 Å². The second kappa shape index (κ2) is 5.74. The number of nitrogens with one attached hydrogen (secondary N) is 2. The topological polar surface area (TPSA) is 41.1 Å². The fourth-order valence-electron chi connectivity index (χ4n) is 3.37. The van der Waals surface area contributed by atoms with Crippen LogP contribution >= 0.6 is 0 Å². The Kier molecular flexibility index (Phi) is 3.83. The van der Waals surface area contributed by atoms with Crippen LogP contribution in [0.1, 0.15) is 37.7 Å². The van der Waals surface area contributed by atoms with Gasteiger partial charge in [-0.05, 0) is 31.2 Å². The minimum atomic E-state index is 0.233. The van der Waals surface area contributed by atoms with Crippen molar-refractivity contribution in [2.24, 2.45) is 0 Å². The second-order valence-electron chi connectivity index (χ2n) is 5.82. The van der Waals surface area contributed by atoms with Crippen molar-refractivity contribution in [1.82, 2.24) is 10.6 Å². The lowest BCUT2D eigenvalue weighted by atomic mass is 9.98. The van der Waals surface area contributed by atoms with Gasteiger partial charge in [-0.1, -0.05) is 36.8 Å². The standard InChI is InChI=1S/C16H22N2O/c19-16-9-5-4-8-14-15(18-16)11-13(17-14)10-12-6-2-1-3-7-12/h1-3,6-7,13-15,17H,4-5,8-11H2,(H,18,19)/t13-,14+,15-/m1/s1. The quantitative estimate of drug-likeness (QED) is 0.852. The van der Waals surface area contributed by atoms with Crippen molar-refractivity contribution in [3.63, 3.8) is 0 Å². The van der Waals surface area contributed by atoms with Crippen molar-refractivity contribution in [2.45, 2.75) is 56.7 Å². The van der Waals surface area contributed by atoms with E-state index in [1.165, 1.54) is 18.4 Å². The van der Waals surface area contributed by atoms with E-state index in [1.54, 1.807) is 0 Å². The van der Waals surface area contributed by atoms with E-state index >= 15 is 0 Å². The van der Waals surface area contributed by atoms with Crippen LogP contribution in [-0.2, 0) is 11.2 Å². The lowest BCUT2D eigenvalue weighted by Gasteiger charge is -2.23. The summed E-state index contributed by atoms with van der Waals surface area (Å²) in [5, 5.41) is 6.91. The number of hydrogen-bond acceptors (Lipinski definition) is 2. The SMILES string of the molecule is O=C1CCCC[C@@H]2N[C@H](Cc3ccccc3)C[C@H]2N1. The molecule has 0 aliphatic carbocycles. The van der Waals surface area contributed by atoms with E-state index < -0.39 is 0 Å². The Morgan fingerprint density at radius 1 is 1.11 bits per heavy atom. The number of benzene rings is 1. The monoisotopic (exact) mass is 258 g/mol. The molecule has 19 heavy (non-hydrogen) atoms. The molecule has 1 amide bonds. The van der Waals surface area contributed by atoms with E-state index in [2.05, 4.69) is 41.0 Å². The molecule has 3 nitrogen and oxygen atoms in total. The third-order valence-corrected chi connectivity index (χ3v) is 4.31. The van der Waals surface area contributed by atoms with Crippen LogP contribution in [0.25, 0.3) is 0 Å². The Bertz CT molecular complexity index is 432. The minimum absolute atomic E-state index is 0.233. The van der Waals surface area contributed by atoms with Gasteiger partial charge in [0.15, 0.2) is 0 Å². The molecule has 0 unspecified atom stereocenters. The summed E-state index contributed by atoms with van der Waals surface area (Å²) in [6, 6.07) is 11.9. The normalized spacial score (nSPS) is 31.2. The van der Waals surface area contributed by atoms with Crippen LogP contribution in [0.2, 0.25) is 0 Å². The summed E-state index contributed by atoms with van der Waals surface area (Å²) in [6.45, 7) is 0. The molecule has 0 aromatic heterocycles. The van der Waals surface area contributed by atoms with Crippen molar-refractivity contribution in [3.8, 4) is 0 Å². The third kappa shape index (κ3) is 3.16. The maximum Gasteiger partial charge on any atom is 0.220 e. The Balaban J connectivity index is 1.63. The molecule has 2 aliphatic heterocycles. The first-order valence-corrected chi connectivity index (χ1v) is 7.40. The van der Waals surface area contributed by atoms with Gasteiger partial charge in [-0.3, -0.25) is 4.79 Å². The molecule has 2 heterocycles. The molecule has 3 heteroatoms. The minimum Gasteiger partial charge on any atom is -0.352 e. The number of rotatable bonds is 2. The lowest BCUT2D eigenvalue weighted by Crippen LogP contribution is -2.44. The van der Waals surface area contributed by atoms with Crippen molar-refractivity contribution < 1.29 is 4.79 Å². The zero-order chi connectivity index (χ0) is 13.1. The number of fused-ring (bicyclic) bond motifs is 1. The largest absolute Gasteiger partial charge is 0.352 e. The van der Waals surface area contributed by atoms with Crippen LogP contribution in [0.15, 0.2) is 30.3 Å². The van der Waals surface area contributed by atoms with E-state index in [-0.39, 0.29) is 5.91 Å². The molecule has 0 bridgehead atoms. The number of hydrogen-bond donors (Lipinski definition) is 2. The molecule has 3 rings (SSSR count). The lowest BCUT2D eigenvalue weighted by molar-refractivity contribution is -0.122. The Morgan fingerprint density at radius 3 is 2.79 bits per heavy atom. The summed E-state index contributed by atoms with van der Waals surface area (Å²) in [5.74, 6) is 0.233.